The molecule has 2 heterocycles. The largest absolute Gasteiger partial charge is 0.495 e. The van der Waals surface area contributed by atoms with Crippen LogP contribution in [-0.2, 0) is 24.1 Å². The molecule has 6 heteroatoms. The third-order valence-corrected chi connectivity index (χ3v) is 6.70. The van der Waals surface area contributed by atoms with E-state index in [-0.39, 0.29) is 5.91 Å². The normalized spacial score (nSPS) is 12.9. The zero-order valence-corrected chi connectivity index (χ0v) is 18.8. The summed E-state index contributed by atoms with van der Waals surface area (Å²) in [5.41, 5.74) is 6.11. The molecule has 0 spiro atoms. The van der Waals surface area contributed by atoms with Gasteiger partial charge >= 0.3 is 0 Å². The van der Waals surface area contributed by atoms with Gasteiger partial charge in [-0.2, -0.15) is 0 Å². The minimum Gasteiger partial charge on any atom is -0.495 e. The van der Waals surface area contributed by atoms with Crippen molar-refractivity contribution in [2.75, 3.05) is 17.7 Å². The van der Waals surface area contributed by atoms with Crippen molar-refractivity contribution in [1.82, 2.24) is 4.98 Å². The highest BCUT2D eigenvalue weighted by Gasteiger charge is 2.20. The third kappa shape index (κ3) is 4.18. The average Bonchev–Trinajstić information content (AvgIpc) is 3.32. The minimum atomic E-state index is -0.0167. The zero-order valence-electron chi connectivity index (χ0n) is 18.0. The topological polar surface area (TPSA) is 63.2 Å². The maximum absolute atomic E-state index is 12.6. The van der Waals surface area contributed by atoms with Crippen molar-refractivity contribution >= 4 is 45.2 Å². The lowest BCUT2D eigenvalue weighted by molar-refractivity contribution is -0.115. The van der Waals surface area contributed by atoms with Crippen LogP contribution in [0.2, 0.25) is 0 Å². The van der Waals surface area contributed by atoms with E-state index in [1.165, 1.54) is 5.56 Å². The Morgan fingerprint density at radius 1 is 1.09 bits per heavy atom. The van der Waals surface area contributed by atoms with E-state index < -0.39 is 0 Å². The molecule has 5 nitrogen and oxygen atoms in total. The number of para-hydroxylation sites is 2. The molecule has 0 saturated heterocycles. The summed E-state index contributed by atoms with van der Waals surface area (Å²) >= 11 is 1.59. The second-order valence-electron chi connectivity index (χ2n) is 7.98. The number of methoxy groups -OCH3 is 1. The number of thiophene rings is 1. The van der Waals surface area contributed by atoms with Gasteiger partial charge in [-0.15, -0.1) is 11.3 Å². The number of carbonyl (C=O) groups is 1. The lowest BCUT2D eigenvalue weighted by Crippen LogP contribution is -2.14. The van der Waals surface area contributed by atoms with Gasteiger partial charge in [0.15, 0.2) is 0 Å². The minimum absolute atomic E-state index is 0.0167. The second kappa shape index (κ2) is 9.01. The zero-order chi connectivity index (χ0) is 21.9. The molecular formula is C26H25N3O2S. The number of nitrogens with zero attached hydrogens (tertiary/aromatic N) is 1. The fourth-order valence-electron chi connectivity index (χ4n) is 4.30. The van der Waals surface area contributed by atoms with Crippen molar-refractivity contribution in [2.24, 2.45) is 0 Å². The first-order valence-corrected chi connectivity index (χ1v) is 11.8. The van der Waals surface area contributed by atoms with Crippen molar-refractivity contribution in [3.05, 3.63) is 76.1 Å². The Kier molecular flexibility index (Phi) is 5.77. The summed E-state index contributed by atoms with van der Waals surface area (Å²) in [5, 5.41) is 9.68. The van der Waals surface area contributed by atoms with E-state index in [0.717, 1.165) is 70.0 Å². The smallest absolute Gasteiger partial charge is 0.229 e. The van der Waals surface area contributed by atoms with E-state index in [0.29, 0.717) is 6.42 Å². The van der Waals surface area contributed by atoms with E-state index in [1.54, 1.807) is 18.4 Å². The molecule has 0 unspecified atom stereocenters. The van der Waals surface area contributed by atoms with Crippen LogP contribution in [0.1, 0.15) is 29.0 Å². The van der Waals surface area contributed by atoms with E-state index >= 15 is 0 Å². The number of carbonyl (C=O) groups excluding carboxylic acids is 1. The number of rotatable bonds is 6. The van der Waals surface area contributed by atoms with Crippen LogP contribution >= 0.6 is 11.3 Å². The fourth-order valence-corrected chi connectivity index (χ4v) is 5.01. The molecule has 162 valence electrons. The summed E-state index contributed by atoms with van der Waals surface area (Å²) in [6.07, 6.45) is 4.68. The number of ether oxygens (including phenoxy) is 1. The highest BCUT2D eigenvalue weighted by Crippen LogP contribution is 2.38. The summed E-state index contributed by atoms with van der Waals surface area (Å²) in [6, 6.07) is 17.8. The summed E-state index contributed by atoms with van der Waals surface area (Å²) in [6.45, 7) is 0. The quantitative estimate of drug-likeness (QED) is 0.377. The lowest BCUT2D eigenvalue weighted by Gasteiger charge is -2.23. The predicted molar refractivity (Wildman–Crippen MR) is 131 cm³/mol. The van der Waals surface area contributed by atoms with Gasteiger partial charge in [-0.3, -0.25) is 9.78 Å². The van der Waals surface area contributed by atoms with Gasteiger partial charge < -0.3 is 15.4 Å². The maximum atomic E-state index is 12.6. The van der Waals surface area contributed by atoms with E-state index in [1.807, 2.05) is 60.0 Å². The molecule has 0 fully saturated rings. The molecule has 2 aromatic carbocycles. The van der Waals surface area contributed by atoms with E-state index in [4.69, 9.17) is 9.72 Å². The SMILES string of the molecule is COc1ccccc1Nc1c2c(nc3ccc(NC(=O)Cc4cccs4)cc13)CCCC2. The van der Waals surface area contributed by atoms with Gasteiger partial charge in [0, 0.05) is 21.6 Å². The van der Waals surface area contributed by atoms with Crippen LogP contribution in [-0.4, -0.2) is 18.0 Å². The Morgan fingerprint density at radius 2 is 1.97 bits per heavy atom. The predicted octanol–water partition coefficient (Wildman–Crippen LogP) is 6.11. The summed E-state index contributed by atoms with van der Waals surface area (Å²) < 4.78 is 5.57. The number of hydrogen-bond acceptors (Lipinski definition) is 5. The molecule has 5 rings (SSSR count). The van der Waals surface area contributed by atoms with Crippen LogP contribution in [0, 0.1) is 0 Å². The number of benzene rings is 2. The van der Waals surface area contributed by atoms with Crippen LogP contribution in [0.15, 0.2) is 60.0 Å². The molecule has 1 amide bonds. The first kappa shape index (κ1) is 20.5. The van der Waals surface area contributed by atoms with Crippen LogP contribution < -0.4 is 15.4 Å². The Bertz CT molecular complexity index is 1270. The van der Waals surface area contributed by atoms with Crippen LogP contribution in [0.25, 0.3) is 10.9 Å². The molecule has 32 heavy (non-hydrogen) atoms. The summed E-state index contributed by atoms with van der Waals surface area (Å²) in [5.74, 6) is 0.777. The van der Waals surface area contributed by atoms with Gasteiger partial charge in [-0.1, -0.05) is 18.2 Å². The van der Waals surface area contributed by atoms with Gasteiger partial charge in [0.2, 0.25) is 5.91 Å². The number of nitrogens with one attached hydrogen (secondary N) is 2. The first-order valence-electron chi connectivity index (χ1n) is 10.9. The number of fused-ring (bicyclic) bond motifs is 2. The van der Waals surface area contributed by atoms with Crippen molar-refractivity contribution in [3.63, 3.8) is 0 Å². The van der Waals surface area contributed by atoms with Crippen molar-refractivity contribution in [2.45, 2.75) is 32.1 Å². The maximum Gasteiger partial charge on any atom is 0.229 e. The highest BCUT2D eigenvalue weighted by molar-refractivity contribution is 7.10. The van der Waals surface area contributed by atoms with Crippen LogP contribution in [0.3, 0.4) is 0 Å². The third-order valence-electron chi connectivity index (χ3n) is 5.83. The van der Waals surface area contributed by atoms with Gasteiger partial charge in [0.1, 0.15) is 5.75 Å². The average molecular weight is 444 g/mol. The Labute approximate surface area is 191 Å². The van der Waals surface area contributed by atoms with Crippen molar-refractivity contribution < 1.29 is 9.53 Å². The second-order valence-corrected chi connectivity index (χ2v) is 9.01. The van der Waals surface area contributed by atoms with Gasteiger partial charge in [-0.05, 0) is 73.0 Å². The lowest BCUT2D eigenvalue weighted by atomic mass is 9.92. The number of amides is 1. The van der Waals surface area contributed by atoms with Crippen LogP contribution in [0.4, 0.5) is 17.1 Å². The number of pyridine rings is 1. The molecule has 0 aliphatic heterocycles. The Balaban J connectivity index is 1.54. The Hall–Kier alpha value is -3.38. The number of aromatic nitrogens is 1. The number of hydrogen-bond donors (Lipinski definition) is 2. The number of anilines is 3. The van der Waals surface area contributed by atoms with E-state index in [9.17, 15) is 4.79 Å². The molecule has 1 aliphatic rings. The number of aryl methyl sites for hydroxylation is 1. The van der Waals surface area contributed by atoms with Crippen molar-refractivity contribution in [1.29, 1.82) is 0 Å². The van der Waals surface area contributed by atoms with Crippen molar-refractivity contribution in [3.8, 4) is 5.75 Å². The Morgan fingerprint density at radius 3 is 2.81 bits per heavy atom. The standard InChI is InChI=1S/C26H25N3O2S/c1-31-24-11-5-4-10-23(24)29-26-19-8-2-3-9-21(19)28-22-13-12-17(15-20(22)26)27-25(30)16-18-7-6-14-32-18/h4-7,10-15H,2-3,8-9,16H2,1H3,(H,27,30)(H,28,29). The molecule has 2 N–H and O–H groups in total. The molecule has 0 radical (unpaired) electrons. The molecule has 0 atom stereocenters. The molecule has 0 saturated carbocycles. The van der Waals surface area contributed by atoms with Gasteiger partial charge in [-0.25, -0.2) is 0 Å². The van der Waals surface area contributed by atoms with Crippen LogP contribution in [0.5, 0.6) is 5.75 Å². The molecule has 1 aliphatic carbocycles. The van der Waals surface area contributed by atoms with Gasteiger partial charge in [0.25, 0.3) is 0 Å². The fraction of sp³-hybridized carbons (Fsp3) is 0.231. The summed E-state index contributed by atoms with van der Waals surface area (Å²) in [4.78, 5) is 18.6. The van der Waals surface area contributed by atoms with E-state index in [2.05, 4.69) is 10.6 Å². The highest BCUT2D eigenvalue weighted by atomic mass is 32.1. The van der Waals surface area contributed by atoms with Gasteiger partial charge in [0.05, 0.1) is 30.4 Å². The molecule has 2 aromatic heterocycles. The molecule has 0 bridgehead atoms. The monoisotopic (exact) mass is 443 g/mol. The molecule has 4 aromatic rings. The first-order chi connectivity index (χ1) is 15.7. The molecular weight excluding hydrogens is 418 g/mol. The summed E-state index contributed by atoms with van der Waals surface area (Å²) in [7, 11) is 1.68.